The van der Waals surface area contributed by atoms with E-state index >= 15 is 0 Å². The molecule has 0 radical (unpaired) electrons. The number of nitrogens with one attached hydrogen (secondary N) is 1. The lowest BCUT2D eigenvalue weighted by atomic mass is 10.1. The summed E-state index contributed by atoms with van der Waals surface area (Å²) in [6.45, 7) is 0.593. The van der Waals surface area contributed by atoms with Crippen LogP contribution in [0, 0.1) is 0 Å². The van der Waals surface area contributed by atoms with E-state index in [9.17, 15) is 31.2 Å². The molecule has 0 saturated carbocycles. The van der Waals surface area contributed by atoms with Crippen molar-refractivity contribution in [3.8, 4) is 22.5 Å². The molecule has 0 saturated heterocycles. The molecule has 0 atom stereocenters. The fraction of sp³-hybridized carbons (Fsp3) is 0.0541. The first-order chi connectivity index (χ1) is 25.4. The van der Waals surface area contributed by atoms with Crippen LogP contribution in [0.25, 0.3) is 22.5 Å². The number of pyridine rings is 2. The predicted octanol–water partition coefficient (Wildman–Crippen LogP) is 4.82. The van der Waals surface area contributed by atoms with Crippen molar-refractivity contribution >= 4 is 38.3 Å². The van der Waals surface area contributed by atoms with Crippen molar-refractivity contribution in [2.45, 2.75) is 16.3 Å². The number of hydrogen-bond acceptors (Lipinski definition) is 10. The molecule has 0 spiro atoms. The standard InChI is InChI=1S/C17H17N3O2S.C16H12N2O3S.C4H4O4/c1-18-11-14-10-17(15-6-3-2-4-7-15)20(13-14)23(21,22)16-8-5-9-19-12-16;19-12-13-9-16(14-5-2-1-3-6-14)18(11-13)22(20,21)15-7-4-8-17-10-15;5-3(6)1-2-4(7)8/h2-10,12-13,18H,11H2,1H3;1-12H;1-2H,(H,5,6)(H,7,8)/b;;2-1+. The van der Waals surface area contributed by atoms with Crippen molar-refractivity contribution in [3.05, 3.63) is 158 Å². The number of carbonyl (C=O) groups excluding carboxylic acids is 1. The summed E-state index contributed by atoms with van der Waals surface area (Å²) in [5.74, 6) is -2.51. The van der Waals surface area contributed by atoms with Crippen LogP contribution in [0.15, 0.2) is 156 Å². The maximum absolute atomic E-state index is 12.9. The van der Waals surface area contributed by atoms with Gasteiger partial charge >= 0.3 is 11.9 Å². The van der Waals surface area contributed by atoms with Crippen LogP contribution >= 0.6 is 0 Å². The number of benzene rings is 2. The van der Waals surface area contributed by atoms with E-state index in [0.29, 0.717) is 47.5 Å². The second kappa shape index (κ2) is 18.1. The quantitative estimate of drug-likeness (QED) is 0.120. The fourth-order valence-corrected chi connectivity index (χ4v) is 7.44. The summed E-state index contributed by atoms with van der Waals surface area (Å²) >= 11 is 0. The van der Waals surface area contributed by atoms with Crippen LogP contribution in [0.2, 0.25) is 0 Å². The zero-order valence-corrected chi connectivity index (χ0v) is 29.6. The summed E-state index contributed by atoms with van der Waals surface area (Å²) < 4.78 is 53.9. The molecule has 3 N–H and O–H groups in total. The molecule has 0 unspecified atom stereocenters. The highest BCUT2D eigenvalue weighted by molar-refractivity contribution is 7.90. The number of carboxylic acid groups (broad SMARTS) is 2. The SMILES string of the molecule is CNCc1cc(-c2ccccc2)n(S(=O)(=O)c2cccnc2)c1.O=C(O)/C=C/C(=O)O.O=Cc1cc(-c2ccccc2)n(S(=O)(=O)c2cccnc2)c1. The average Bonchev–Trinajstić information content (AvgIpc) is 3.82. The molecule has 53 heavy (non-hydrogen) atoms. The Kier molecular flexibility index (Phi) is 13.4. The smallest absolute Gasteiger partial charge is 0.328 e. The lowest BCUT2D eigenvalue weighted by molar-refractivity contribution is -0.134. The van der Waals surface area contributed by atoms with Crippen molar-refractivity contribution in [1.29, 1.82) is 0 Å². The third-order valence-electron chi connectivity index (χ3n) is 7.06. The summed E-state index contributed by atoms with van der Waals surface area (Å²) in [4.78, 5) is 38.2. The van der Waals surface area contributed by atoms with E-state index in [1.54, 1.807) is 48.8 Å². The topological polar surface area (TPSA) is 208 Å². The van der Waals surface area contributed by atoms with Crippen LogP contribution in [0.5, 0.6) is 0 Å². The second-order valence-corrected chi connectivity index (χ2v) is 14.4. The van der Waals surface area contributed by atoms with E-state index in [1.807, 2.05) is 61.6 Å². The van der Waals surface area contributed by atoms with Crippen LogP contribution in [-0.2, 0) is 36.2 Å². The molecule has 2 aromatic carbocycles. The van der Waals surface area contributed by atoms with Gasteiger partial charge < -0.3 is 15.5 Å². The van der Waals surface area contributed by atoms with Crippen molar-refractivity contribution in [3.63, 3.8) is 0 Å². The Morgan fingerprint density at radius 2 is 1.13 bits per heavy atom. The third kappa shape index (κ3) is 10.3. The first-order valence-corrected chi connectivity index (χ1v) is 18.4. The van der Waals surface area contributed by atoms with Crippen molar-refractivity contribution in [2.24, 2.45) is 0 Å². The van der Waals surface area contributed by atoms with Crippen LogP contribution in [0.1, 0.15) is 15.9 Å². The molecule has 0 bridgehead atoms. The second-order valence-electron chi connectivity index (χ2n) is 10.8. The van der Waals surface area contributed by atoms with Crippen LogP contribution in [0.4, 0.5) is 0 Å². The summed E-state index contributed by atoms with van der Waals surface area (Å²) in [6, 6.07) is 28.2. The Morgan fingerprint density at radius 3 is 1.53 bits per heavy atom. The number of hydrogen-bond donors (Lipinski definition) is 3. The highest BCUT2D eigenvalue weighted by Crippen LogP contribution is 2.28. The van der Waals surface area contributed by atoms with Crippen molar-refractivity contribution in [1.82, 2.24) is 23.2 Å². The van der Waals surface area contributed by atoms with Gasteiger partial charge in [0.25, 0.3) is 20.0 Å². The van der Waals surface area contributed by atoms with Gasteiger partial charge in [-0.15, -0.1) is 0 Å². The van der Waals surface area contributed by atoms with Gasteiger partial charge in [0.2, 0.25) is 0 Å². The van der Waals surface area contributed by atoms with Crippen LogP contribution in [-0.4, -0.2) is 70.2 Å². The molecular weight excluding hydrogens is 723 g/mol. The normalized spacial score (nSPS) is 11.1. The number of rotatable bonds is 11. The maximum atomic E-state index is 12.9. The monoisotopic (exact) mass is 755 g/mol. The molecule has 14 nitrogen and oxygen atoms in total. The lowest BCUT2D eigenvalue weighted by Gasteiger charge is -2.10. The van der Waals surface area contributed by atoms with Gasteiger partial charge in [-0.05, 0) is 60.1 Å². The van der Waals surface area contributed by atoms with Gasteiger partial charge in [-0.25, -0.2) is 34.4 Å². The third-order valence-corrected chi connectivity index (χ3v) is 10.4. The maximum Gasteiger partial charge on any atom is 0.328 e. The Morgan fingerprint density at radius 1 is 0.679 bits per heavy atom. The van der Waals surface area contributed by atoms with Gasteiger partial charge in [0, 0.05) is 61.4 Å². The lowest BCUT2D eigenvalue weighted by Crippen LogP contribution is -2.13. The zero-order chi connectivity index (χ0) is 38.4. The van der Waals surface area contributed by atoms with Gasteiger partial charge in [0.05, 0.1) is 11.4 Å². The summed E-state index contributed by atoms with van der Waals surface area (Å²) in [7, 11) is -5.67. The molecular formula is C37H33N5O9S2. The zero-order valence-electron chi connectivity index (χ0n) is 28.0. The molecule has 4 aromatic heterocycles. The molecule has 0 aliphatic heterocycles. The molecule has 0 amide bonds. The Labute approximate surface area is 305 Å². The first-order valence-electron chi connectivity index (χ1n) is 15.5. The van der Waals surface area contributed by atoms with Crippen molar-refractivity contribution in [2.75, 3.05) is 7.05 Å². The highest BCUT2D eigenvalue weighted by atomic mass is 32.2. The van der Waals surface area contributed by atoms with Crippen LogP contribution in [0.3, 0.4) is 0 Å². The minimum atomic E-state index is -3.81. The molecule has 0 aliphatic rings. The minimum Gasteiger partial charge on any atom is -0.478 e. The van der Waals surface area contributed by atoms with E-state index in [-0.39, 0.29) is 9.79 Å². The molecule has 6 aromatic rings. The van der Waals surface area contributed by atoms with Gasteiger partial charge in [0.15, 0.2) is 6.29 Å². The Hall–Kier alpha value is -6.49. The molecule has 0 fully saturated rings. The average molecular weight is 756 g/mol. The largest absolute Gasteiger partial charge is 0.478 e. The van der Waals surface area contributed by atoms with E-state index < -0.39 is 32.0 Å². The molecule has 272 valence electrons. The van der Waals surface area contributed by atoms with Crippen molar-refractivity contribution < 1.29 is 41.4 Å². The van der Waals surface area contributed by atoms with E-state index in [4.69, 9.17) is 10.2 Å². The fourth-order valence-electron chi connectivity index (χ4n) is 4.73. The van der Waals surface area contributed by atoms with Gasteiger partial charge in [-0.3, -0.25) is 14.8 Å². The number of aldehydes is 1. The molecule has 0 aliphatic carbocycles. The Balaban J connectivity index is 0.000000197. The van der Waals surface area contributed by atoms with E-state index in [2.05, 4.69) is 15.3 Å². The van der Waals surface area contributed by atoms with E-state index in [0.717, 1.165) is 15.1 Å². The number of aromatic nitrogens is 4. The van der Waals surface area contributed by atoms with Crippen LogP contribution < -0.4 is 5.32 Å². The summed E-state index contributed by atoms with van der Waals surface area (Å²) in [5, 5.41) is 18.7. The van der Waals surface area contributed by atoms with E-state index in [1.165, 1.54) is 34.8 Å². The molecule has 16 heteroatoms. The highest BCUT2D eigenvalue weighted by Gasteiger charge is 2.23. The number of aliphatic carboxylic acids is 2. The van der Waals surface area contributed by atoms with Gasteiger partial charge in [0.1, 0.15) is 9.79 Å². The van der Waals surface area contributed by atoms with Gasteiger partial charge in [-0.1, -0.05) is 60.7 Å². The summed E-state index contributed by atoms with van der Waals surface area (Å²) in [5.41, 5.74) is 3.83. The molecule has 4 heterocycles. The molecule has 6 rings (SSSR count). The number of carboxylic acids is 2. The number of nitrogens with zero attached hydrogens (tertiary/aromatic N) is 4. The summed E-state index contributed by atoms with van der Waals surface area (Å²) in [6.07, 6.45) is 10.4. The Bertz CT molecular complexity index is 2380. The van der Waals surface area contributed by atoms with Gasteiger partial charge in [-0.2, -0.15) is 0 Å². The number of carbonyl (C=O) groups is 3. The first kappa shape index (κ1) is 39.3. The minimum absolute atomic E-state index is 0.0697. The predicted molar refractivity (Wildman–Crippen MR) is 196 cm³/mol.